The molecule has 0 radical (unpaired) electrons. The van der Waals surface area contributed by atoms with Crippen LogP contribution in [0.4, 0.5) is 0 Å². The van der Waals surface area contributed by atoms with Crippen molar-refractivity contribution >= 4 is 28.8 Å². The second kappa shape index (κ2) is 6.66. The molecular formula is C15H25N3OS. The van der Waals surface area contributed by atoms with E-state index in [9.17, 15) is 4.79 Å². The molecule has 0 unspecified atom stereocenters. The quantitative estimate of drug-likeness (QED) is 0.607. The molecule has 0 aromatic rings. The summed E-state index contributed by atoms with van der Waals surface area (Å²) in [6.07, 6.45) is 8.22. The van der Waals surface area contributed by atoms with E-state index in [0.29, 0.717) is 24.0 Å². The van der Waals surface area contributed by atoms with Crippen LogP contribution in [0.3, 0.4) is 0 Å². The van der Waals surface area contributed by atoms with Crippen LogP contribution in [0.5, 0.6) is 0 Å². The van der Waals surface area contributed by atoms with E-state index in [2.05, 4.69) is 29.7 Å². The number of rotatable bonds is 2. The highest BCUT2D eigenvalue weighted by atomic mass is 32.1. The standard InChI is InChI=1S/C15H25N3OS/c1-15(2)9-12(8-13(19)10-15)17-18-14(20)16-11-6-4-3-5-7-11/h11H,3-10H2,1-2H3,(H2,16,18,20)/b17-12+. The number of Topliss-reactive ketones (excluding diaryl/α,β-unsaturated/α-hetero) is 1. The van der Waals surface area contributed by atoms with Gasteiger partial charge in [-0.1, -0.05) is 33.1 Å². The largest absolute Gasteiger partial charge is 0.359 e. The lowest BCUT2D eigenvalue weighted by atomic mass is 9.76. The van der Waals surface area contributed by atoms with Crippen molar-refractivity contribution in [1.82, 2.24) is 10.7 Å². The zero-order chi connectivity index (χ0) is 14.6. The van der Waals surface area contributed by atoms with Crippen molar-refractivity contribution in [3.63, 3.8) is 0 Å². The van der Waals surface area contributed by atoms with Gasteiger partial charge >= 0.3 is 0 Å². The van der Waals surface area contributed by atoms with Gasteiger partial charge in [-0.25, -0.2) is 0 Å². The summed E-state index contributed by atoms with van der Waals surface area (Å²) >= 11 is 5.28. The molecular weight excluding hydrogens is 270 g/mol. The van der Waals surface area contributed by atoms with E-state index in [1.165, 1.54) is 32.1 Å². The Bertz CT molecular complexity index is 411. The van der Waals surface area contributed by atoms with Gasteiger partial charge in [-0.3, -0.25) is 10.2 Å². The fraction of sp³-hybridized carbons (Fsp3) is 0.800. The third kappa shape index (κ3) is 4.85. The monoisotopic (exact) mass is 295 g/mol. The molecule has 0 heterocycles. The lowest BCUT2D eigenvalue weighted by Gasteiger charge is -2.29. The molecule has 0 atom stereocenters. The summed E-state index contributed by atoms with van der Waals surface area (Å²) in [4.78, 5) is 11.7. The van der Waals surface area contributed by atoms with Gasteiger partial charge in [0, 0.05) is 24.6 Å². The van der Waals surface area contributed by atoms with Gasteiger partial charge in [0.25, 0.3) is 0 Å². The van der Waals surface area contributed by atoms with Crippen molar-refractivity contribution in [3.8, 4) is 0 Å². The third-order valence-corrected chi connectivity index (χ3v) is 4.22. The molecule has 0 spiro atoms. The number of nitrogens with zero attached hydrogens (tertiary/aromatic N) is 1. The summed E-state index contributed by atoms with van der Waals surface area (Å²) in [6, 6.07) is 0.480. The molecule has 2 aliphatic rings. The molecule has 2 aliphatic carbocycles. The second-order valence-electron chi connectivity index (χ2n) is 6.83. The van der Waals surface area contributed by atoms with Crippen LogP contribution in [0, 0.1) is 5.41 Å². The number of ketones is 1. The number of hydrazone groups is 1. The summed E-state index contributed by atoms with van der Waals surface area (Å²) in [5.41, 5.74) is 3.85. The Hall–Kier alpha value is -0.970. The van der Waals surface area contributed by atoms with E-state index >= 15 is 0 Å². The van der Waals surface area contributed by atoms with Crippen LogP contribution in [0.25, 0.3) is 0 Å². The van der Waals surface area contributed by atoms with E-state index in [-0.39, 0.29) is 11.2 Å². The minimum Gasteiger partial charge on any atom is -0.359 e. The van der Waals surface area contributed by atoms with Gasteiger partial charge in [0.05, 0.1) is 0 Å². The molecule has 0 aromatic heterocycles. The number of nitrogens with one attached hydrogen (secondary N) is 2. The molecule has 0 bridgehead atoms. The van der Waals surface area contributed by atoms with E-state index in [1.807, 2.05) is 0 Å². The van der Waals surface area contributed by atoms with Crippen molar-refractivity contribution in [2.45, 2.75) is 71.3 Å². The molecule has 2 fully saturated rings. The first-order valence-corrected chi connectivity index (χ1v) is 7.99. The number of thiocarbonyl (C=S) groups is 1. The first-order valence-electron chi connectivity index (χ1n) is 7.58. The maximum atomic E-state index is 11.7. The maximum Gasteiger partial charge on any atom is 0.187 e. The van der Waals surface area contributed by atoms with E-state index < -0.39 is 0 Å². The highest BCUT2D eigenvalue weighted by Crippen LogP contribution is 2.31. The summed E-state index contributed by atoms with van der Waals surface area (Å²) in [6.45, 7) is 4.22. The highest BCUT2D eigenvalue weighted by molar-refractivity contribution is 7.80. The molecule has 0 amide bonds. The van der Waals surface area contributed by atoms with Gasteiger partial charge in [0.1, 0.15) is 5.78 Å². The maximum absolute atomic E-state index is 11.7. The van der Waals surface area contributed by atoms with Crippen LogP contribution in [0.15, 0.2) is 5.10 Å². The van der Waals surface area contributed by atoms with Crippen LogP contribution in [0.2, 0.25) is 0 Å². The van der Waals surface area contributed by atoms with E-state index in [0.717, 1.165) is 12.1 Å². The lowest BCUT2D eigenvalue weighted by Crippen LogP contribution is -2.41. The first-order chi connectivity index (χ1) is 9.44. The van der Waals surface area contributed by atoms with Gasteiger partial charge < -0.3 is 5.32 Å². The van der Waals surface area contributed by atoms with Crippen LogP contribution in [0.1, 0.15) is 65.2 Å². The number of hydrogen-bond donors (Lipinski definition) is 2. The summed E-state index contributed by atoms with van der Waals surface area (Å²) < 4.78 is 0. The normalized spacial score (nSPS) is 25.5. The number of hydrogen-bond acceptors (Lipinski definition) is 3. The third-order valence-electron chi connectivity index (χ3n) is 4.02. The Morgan fingerprint density at radius 3 is 2.60 bits per heavy atom. The summed E-state index contributed by atoms with van der Waals surface area (Å²) in [5, 5.41) is 8.24. The van der Waals surface area contributed by atoms with Crippen LogP contribution in [-0.4, -0.2) is 22.6 Å². The van der Waals surface area contributed by atoms with Crippen molar-refractivity contribution in [3.05, 3.63) is 0 Å². The SMILES string of the molecule is CC1(C)CC(=O)C/C(=N\NC(=S)NC2CCCCC2)C1. The zero-order valence-electron chi connectivity index (χ0n) is 12.5. The Morgan fingerprint density at radius 2 is 1.95 bits per heavy atom. The Labute approximate surface area is 126 Å². The van der Waals surface area contributed by atoms with Crippen molar-refractivity contribution in [2.75, 3.05) is 0 Å². The molecule has 4 nitrogen and oxygen atoms in total. The smallest absolute Gasteiger partial charge is 0.187 e. The molecule has 0 aliphatic heterocycles. The minimum absolute atomic E-state index is 0.0221. The van der Waals surface area contributed by atoms with Crippen LogP contribution >= 0.6 is 12.2 Å². The lowest BCUT2D eigenvalue weighted by molar-refractivity contribution is -0.120. The van der Waals surface area contributed by atoms with Gasteiger partial charge in [0.15, 0.2) is 5.11 Å². The van der Waals surface area contributed by atoms with Gasteiger partial charge in [-0.05, 0) is 36.9 Å². The van der Waals surface area contributed by atoms with Crippen LogP contribution in [-0.2, 0) is 4.79 Å². The van der Waals surface area contributed by atoms with Gasteiger partial charge in [-0.15, -0.1) is 0 Å². The number of carbonyl (C=O) groups is 1. The Balaban J connectivity index is 1.82. The van der Waals surface area contributed by atoms with Crippen molar-refractivity contribution < 1.29 is 4.79 Å². The topological polar surface area (TPSA) is 53.5 Å². The molecule has 0 saturated heterocycles. The fourth-order valence-corrected chi connectivity index (χ4v) is 3.39. The summed E-state index contributed by atoms with van der Waals surface area (Å²) in [5.74, 6) is 0.271. The first kappa shape index (κ1) is 15.4. The van der Waals surface area contributed by atoms with Gasteiger partial charge in [-0.2, -0.15) is 5.10 Å². The fourth-order valence-electron chi connectivity index (χ4n) is 3.17. The Kier molecular flexibility index (Phi) is 5.13. The average molecular weight is 295 g/mol. The van der Waals surface area contributed by atoms with E-state index in [1.54, 1.807) is 0 Å². The number of carbonyl (C=O) groups excluding carboxylic acids is 1. The predicted octanol–water partition coefficient (Wildman–Crippen LogP) is 2.92. The van der Waals surface area contributed by atoms with Crippen LogP contribution < -0.4 is 10.7 Å². The zero-order valence-corrected chi connectivity index (χ0v) is 13.3. The van der Waals surface area contributed by atoms with Gasteiger partial charge in [0.2, 0.25) is 0 Å². The Morgan fingerprint density at radius 1 is 1.25 bits per heavy atom. The molecule has 2 rings (SSSR count). The second-order valence-corrected chi connectivity index (χ2v) is 7.24. The predicted molar refractivity (Wildman–Crippen MR) is 85.8 cm³/mol. The van der Waals surface area contributed by atoms with Crippen molar-refractivity contribution in [1.29, 1.82) is 0 Å². The molecule has 2 saturated carbocycles. The molecule has 5 heteroatoms. The molecule has 20 heavy (non-hydrogen) atoms. The highest BCUT2D eigenvalue weighted by Gasteiger charge is 2.30. The van der Waals surface area contributed by atoms with E-state index in [4.69, 9.17) is 12.2 Å². The minimum atomic E-state index is 0.0221. The average Bonchev–Trinajstić information content (AvgIpc) is 2.35. The molecule has 0 aromatic carbocycles. The van der Waals surface area contributed by atoms with Crippen molar-refractivity contribution in [2.24, 2.45) is 10.5 Å². The summed E-state index contributed by atoms with van der Waals surface area (Å²) in [7, 11) is 0. The molecule has 2 N–H and O–H groups in total. The molecule has 112 valence electrons.